The number of hydrogen-bond donors (Lipinski definition) is 1. The van der Waals surface area contributed by atoms with Crippen molar-refractivity contribution in [3.63, 3.8) is 0 Å². The first-order valence-corrected chi connectivity index (χ1v) is 5.99. The molecule has 1 aromatic rings. The van der Waals surface area contributed by atoms with Crippen LogP contribution < -0.4 is 5.32 Å². The Kier molecular flexibility index (Phi) is 5.26. The van der Waals surface area contributed by atoms with Crippen LogP contribution in [0.4, 0.5) is 0 Å². The van der Waals surface area contributed by atoms with Crippen LogP contribution >= 0.6 is 23.2 Å². The molecule has 1 rings (SSSR count). The highest BCUT2D eigenvalue weighted by molar-refractivity contribution is 6.34. The molecule has 0 spiro atoms. The molecular weight excluding hydrogens is 243 g/mol. The van der Waals surface area contributed by atoms with Crippen LogP contribution in [0.25, 0.3) is 0 Å². The van der Waals surface area contributed by atoms with Crippen LogP contribution in [0.15, 0.2) is 24.4 Å². The summed E-state index contributed by atoms with van der Waals surface area (Å²) in [7, 11) is 0. The van der Waals surface area contributed by atoms with Gasteiger partial charge in [-0.2, -0.15) is 0 Å². The van der Waals surface area contributed by atoms with E-state index in [1.807, 2.05) is 6.92 Å². The molecule has 0 aliphatic heterocycles. The van der Waals surface area contributed by atoms with Crippen molar-refractivity contribution in [1.29, 1.82) is 0 Å². The fraction of sp³-hybridized carbons (Fsp3) is 0.417. The molecule has 0 aromatic carbocycles. The van der Waals surface area contributed by atoms with Crippen molar-refractivity contribution in [1.82, 2.24) is 10.3 Å². The molecule has 1 N–H and O–H groups in total. The molecule has 1 atom stereocenters. The minimum absolute atomic E-state index is 0.104. The van der Waals surface area contributed by atoms with Gasteiger partial charge in [0, 0.05) is 6.20 Å². The molecule has 1 heterocycles. The molecule has 0 bridgehead atoms. The molecular formula is C12H16Cl2N2. The largest absolute Gasteiger partial charge is 0.309 e. The first kappa shape index (κ1) is 13.5. The lowest BCUT2D eigenvalue weighted by Crippen LogP contribution is -2.22. The molecule has 0 radical (unpaired) electrons. The highest BCUT2D eigenvalue weighted by Crippen LogP contribution is 2.27. The molecule has 0 saturated carbocycles. The third-order valence-electron chi connectivity index (χ3n) is 2.17. The second-order valence-electron chi connectivity index (χ2n) is 3.79. The zero-order chi connectivity index (χ0) is 12.1. The summed E-state index contributed by atoms with van der Waals surface area (Å²) in [6, 6.07) is 1.82. The molecule has 16 heavy (non-hydrogen) atoms. The van der Waals surface area contributed by atoms with E-state index in [9.17, 15) is 0 Å². The van der Waals surface area contributed by atoms with Gasteiger partial charge < -0.3 is 5.32 Å². The van der Waals surface area contributed by atoms with E-state index >= 15 is 0 Å². The summed E-state index contributed by atoms with van der Waals surface area (Å²) < 4.78 is 0. The molecule has 0 amide bonds. The van der Waals surface area contributed by atoms with Crippen LogP contribution in [-0.4, -0.2) is 11.5 Å². The smallest absolute Gasteiger partial charge is 0.0763 e. The predicted molar refractivity (Wildman–Crippen MR) is 70.1 cm³/mol. The van der Waals surface area contributed by atoms with Crippen LogP contribution in [-0.2, 0) is 0 Å². The Labute approximate surface area is 107 Å². The summed E-state index contributed by atoms with van der Waals surface area (Å²) in [5.41, 5.74) is 1.93. The van der Waals surface area contributed by atoms with Crippen LogP contribution in [0.1, 0.15) is 32.0 Å². The summed E-state index contributed by atoms with van der Waals surface area (Å²) >= 11 is 11.9. The van der Waals surface area contributed by atoms with E-state index in [1.165, 1.54) is 0 Å². The van der Waals surface area contributed by atoms with Crippen LogP contribution in [0.3, 0.4) is 0 Å². The molecule has 88 valence electrons. The monoisotopic (exact) mass is 258 g/mol. The molecule has 1 unspecified atom stereocenters. The molecule has 0 aliphatic rings. The Bertz CT molecular complexity index is 377. The van der Waals surface area contributed by atoms with E-state index in [0.29, 0.717) is 10.0 Å². The van der Waals surface area contributed by atoms with Gasteiger partial charge in [0.1, 0.15) is 0 Å². The van der Waals surface area contributed by atoms with E-state index in [0.717, 1.165) is 24.2 Å². The lowest BCUT2D eigenvalue weighted by Gasteiger charge is -2.18. The van der Waals surface area contributed by atoms with Gasteiger partial charge in [-0.15, -0.1) is 6.58 Å². The maximum Gasteiger partial charge on any atom is 0.0763 e. The molecule has 0 saturated heterocycles. The molecule has 2 nitrogen and oxygen atoms in total. The zero-order valence-corrected chi connectivity index (χ0v) is 11.1. The number of hydrogen-bond acceptors (Lipinski definition) is 2. The summed E-state index contributed by atoms with van der Waals surface area (Å²) in [5, 5.41) is 4.49. The Hall–Kier alpha value is -0.570. The number of nitrogens with zero attached hydrogens (tertiary/aromatic N) is 1. The van der Waals surface area contributed by atoms with Gasteiger partial charge in [-0.3, -0.25) is 4.98 Å². The van der Waals surface area contributed by atoms with E-state index in [2.05, 4.69) is 23.8 Å². The first-order valence-electron chi connectivity index (χ1n) is 5.23. The van der Waals surface area contributed by atoms with E-state index in [-0.39, 0.29) is 6.04 Å². The zero-order valence-electron chi connectivity index (χ0n) is 9.56. The second kappa shape index (κ2) is 6.24. The van der Waals surface area contributed by atoms with Crippen LogP contribution in [0.2, 0.25) is 10.0 Å². The summed E-state index contributed by atoms with van der Waals surface area (Å²) in [6.45, 7) is 8.82. The Morgan fingerprint density at radius 1 is 1.56 bits per heavy atom. The summed E-state index contributed by atoms with van der Waals surface area (Å²) in [6.07, 6.45) is 2.44. The SMILES string of the molecule is C=C(C)CC(NCC)c1ncc(Cl)cc1Cl. The van der Waals surface area contributed by atoms with E-state index < -0.39 is 0 Å². The van der Waals surface area contributed by atoms with Gasteiger partial charge in [0.15, 0.2) is 0 Å². The third-order valence-corrected chi connectivity index (χ3v) is 2.68. The van der Waals surface area contributed by atoms with Crippen molar-refractivity contribution < 1.29 is 0 Å². The van der Waals surface area contributed by atoms with Crippen molar-refractivity contribution in [2.24, 2.45) is 0 Å². The lowest BCUT2D eigenvalue weighted by molar-refractivity contribution is 0.535. The summed E-state index contributed by atoms with van der Waals surface area (Å²) in [4.78, 5) is 4.28. The second-order valence-corrected chi connectivity index (χ2v) is 4.64. The summed E-state index contributed by atoms with van der Waals surface area (Å²) in [5.74, 6) is 0. The van der Waals surface area contributed by atoms with Gasteiger partial charge in [0.05, 0.1) is 21.8 Å². The number of halogens is 2. The van der Waals surface area contributed by atoms with Crippen molar-refractivity contribution in [2.75, 3.05) is 6.54 Å². The molecule has 0 aliphatic carbocycles. The number of rotatable bonds is 5. The molecule has 1 aromatic heterocycles. The van der Waals surface area contributed by atoms with E-state index in [1.54, 1.807) is 12.3 Å². The third kappa shape index (κ3) is 3.78. The number of pyridine rings is 1. The fourth-order valence-electron chi connectivity index (χ4n) is 1.54. The predicted octanol–water partition coefficient (Wildman–Crippen LogP) is 4.01. The number of aromatic nitrogens is 1. The quantitative estimate of drug-likeness (QED) is 0.808. The van der Waals surface area contributed by atoms with Crippen LogP contribution in [0.5, 0.6) is 0 Å². The maximum atomic E-state index is 6.13. The van der Waals surface area contributed by atoms with Crippen molar-refractivity contribution >= 4 is 23.2 Å². The molecule has 0 fully saturated rings. The Morgan fingerprint density at radius 3 is 2.75 bits per heavy atom. The molecule has 4 heteroatoms. The minimum atomic E-state index is 0.104. The number of nitrogens with one attached hydrogen (secondary N) is 1. The topological polar surface area (TPSA) is 24.9 Å². The lowest BCUT2D eigenvalue weighted by atomic mass is 10.1. The van der Waals surface area contributed by atoms with Gasteiger partial charge in [-0.1, -0.05) is 35.7 Å². The Balaban J connectivity index is 2.95. The van der Waals surface area contributed by atoms with Gasteiger partial charge in [0.25, 0.3) is 0 Å². The maximum absolute atomic E-state index is 6.13. The normalized spacial score (nSPS) is 12.5. The highest BCUT2D eigenvalue weighted by Gasteiger charge is 2.15. The van der Waals surface area contributed by atoms with Crippen LogP contribution in [0, 0.1) is 0 Å². The highest BCUT2D eigenvalue weighted by atomic mass is 35.5. The van der Waals surface area contributed by atoms with Gasteiger partial charge in [-0.05, 0) is 26.0 Å². The van der Waals surface area contributed by atoms with E-state index in [4.69, 9.17) is 23.2 Å². The average molecular weight is 259 g/mol. The minimum Gasteiger partial charge on any atom is -0.309 e. The Morgan fingerprint density at radius 2 is 2.25 bits per heavy atom. The fourth-order valence-corrected chi connectivity index (χ4v) is 2.05. The van der Waals surface area contributed by atoms with Gasteiger partial charge in [0.2, 0.25) is 0 Å². The standard InChI is InChI=1S/C12H16Cl2N2/c1-4-15-11(5-8(2)3)12-10(14)6-9(13)7-16-12/h6-7,11,15H,2,4-5H2,1,3H3. The van der Waals surface area contributed by atoms with Gasteiger partial charge in [-0.25, -0.2) is 0 Å². The first-order chi connectivity index (χ1) is 7.54. The average Bonchev–Trinajstić information content (AvgIpc) is 2.16. The van der Waals surface area contributed by atoms with Crippen molar-refractivity contribution in [3.8, 4) is 0 Å². The van der Waals surface area contributed by atoms with Crippen molar-refractivity contribution in [2.45, 2.75) is 26.3 Å². The van der Waals surface area contributed by atoms with Gasteiger partial charge >= 0.3 is 0 Å². The van der Waals surface area contributed by atoms with Crippen molar-refractivity contribution in [3.05, 3.63) is 40.2 Å².